The lowest BCUT2D eigenvalue weighted by Crippen LogP contribution is -2.28. The number of anilines is 1. The van der Waals surface area contributed by atoms with Crippen LogP contribution in [0.4, 0.5) is 5.69 Å². The zero-order valence-corrected chi connectivity index (χ0v) is 13.2. The number of carbonyl (C=O) groups is 1. The Kier molecular flexibility index (Phi) is 6.01. The normalized spacial score (nSPS) is 11.7. The minimum Gasteiger partial charge on any atom is -0.459 e. The fraction of sp³-hybridized carbons (Fsp3) is 0.316. The number of nitrogens with one attached hydrogen (secondary N) is 1. The quantitative estimate of drug-likeness (QED) is 0.779. The maximum absolute atomic E-state index is 12.1. The van der Waals surface area contributed by atoms with Gasteiger partial charge in [-0.1, -0.05) is 61.9 Å². The predicted octanol–water partition coefficient (Wildman–Crippen LogP) is 4.18. The smallest absolute Gasteiger partial charge is 0.328 e. The molecule has 3 heteroatoms. The number of ether oxygens (including phenoxy) is 1. The van der Waals surface area contributed by atoms with Crippen LogP contribution in [0.3, 0.4) is 0 Å². The largest absolute Gasteiger partial charge is 0.459 e. The van der Waals surface area contributed by atoms with Gasteiger partial charge in [0.2, 0.25) is 0 Å². The molecule has 2 aromatic carbocycles. The standard InChI is InChI=1S/C19H23NO2/c1-3-9-17-12-7-8-13-18(17)20-15(2)19(21)22-14-16-10-5-4-6-11-16/h4-8,10-13,15,20H,3,9,14H2,1-2H3/t15-/m0/s1. The van der Waals surface area contributed by atoms with Gasteiger partial charge in [0.05, 0.1) is 0 Å². The number of benzene rings is 2. The van der Waals surface area contributed by atoms with Crippen molar-refractivity contribution in [3.63, 3.8) is 0 Å². The summed E-state index contributed by atoms with van der Waals surface area (Å²) >= 11 is 0. The SMILES string of the molecule is CCCc1ccccc1N[C@@H](C)C(=O)OCc1ccccc1. The van der Waals surface area contributed by atoms with E-state index in [1.54, 1.807) is 0 Å². The Bertz CT molecular complexity index is 595. The van der Waals surface area contributed by atoms with E-state index in [4.69, 9.17) is 4.74 Å². The molecule has 0 aliphatic heterocycles. The highest BCUT2D eigenvalue weighted by atomic mass is 16.5. The van der Waals surface area contributed by atoms with Gasteiger partial charge in [0.25, 0.3) is 0 Å². The molecule has 1 N–H and O–H groups in total. The number of carbonyl (C=O) groups excluding carboxylic acids is 1. The molecule has 3 nitrogen and oxygen atoms in total. The predicted molar refractivity (Wildman–Crippen MR) is 89.8 cm³/mol. The molecule has 116 valence electrons. The molecule has 0 unspecified atom stereocenters. The van der Waals surface area contributed by atoms with E-state index < -0.39 is 0 Å². The molecule has 0 bridgehead atoms. The van der Waals surface area contributed by atoms with Gasteiger partial charge in [0.15, 0.2) is 0 Å². The highest BCUT2D eigenvalue weighted by Gasteiger charge is 2.15. The van der Waals surface area contributed by atoms with Crippen molar-refractivity contribution < 1.29 is 9.53 Å². The second-order valence-corrected chi connectivity index (χ2v) is 5.37. The van der Waals surface area contributed by atoms with E-state index in [0.717, 1.165) is 24.1 Å². The first-order valence-corrected chi connectivity index (χ1v) is 7.75. The second kappa shape index (κ2) is 8.23. The third-order valence-corrected chi connectivity index (χ3v) is 3.49. The molecule has 2 aromatic rings. The van der Waals surface area contributed by atoms with E-state index in [1.165, 1.54) is 5.56 Å². The maximum atomic E-state index is 12.1. The third kappa shape index (κ3) is 4.62. The lowest BCUT2D eigenvalue weighted by Gasteiger charge is -2.17. The van der Waals surface area contributed by atoms with Crippen LogP contribution < -0.4 is 5.32 Å². The Balaban J connectivity index is 1.91. The van der Waals surface area contributed by atoms with E-state index in [1.807, 2.05) is 55.5 Å². The highest BCUT2D eigenvalue weighted by Crippen LogP contribution is 2.18. The summed E-state index contributed by atoms with van der Waals surface area (Å²) in [6, 6.07) is 17.4. The van der Waals surface area contributed by atoms with Crippen LogP contribution in [0.25, 0.3) is 0 Å². The zero-order valence-electron chi connectivity index (χ0n) is 13.2. The lowest BCUT2D eigenvalue weighted by atomic mass is 10.1. The highest BCUT2D eigenvalue weighted by molar-refractivity contribution is 5.79. The molecular formula is C19H23NO2. The van der Waals surface area contributed by atoms with Gasteiger partial charge in [-0.25, -0.2) is 4.79 Å². The van der Waals surface area contributed by atoms with Crippen molar-refractivity contribution in [1.29, 1.82) is 0 Å². The monoisotopic (exact) mass is 297 g/mol. The number of hydrogen-bond acceptors (Lipinski definition) is 3. The summed E-state index contributed by atoms with van der Waals surface area (Å²) in [5.41, 5.74) is 3.23. The summed E-state index contributed by atoms with van der Waals surface area (Å²) in [6.07, 6.45) is 2.07. The molecule has 0 spiro atoms. The van der Waals surface area contributed by atoms with Gasteiger partial charge < -0.3 is 10.1 Å². The van der Waals surface area contributed by atoms with Gasteiger partial charge in [-0.2, -0.15) is 0 Å². The van der Waals surface area contributed by atoms with Crippen molar-refractivity contribution in [3.05, 3.63) is 65.7 Å². The van der Waals surface area contributed by atoms with Crippen molar-refractivity contribution in [2.75, 3.05) is 5.32 Å². The minimum atomic E-state index is -0.373. The van der Waals surface area contributed by atoms with Crippen LogP contribution in [-0.2, 0) is 22.6 Å². The maximum Gasteiger partial charge on any atom is 0.328 e. The van der Waals surface area contributed by atoms with Gasteiger partial charge in [0, 0.05) is 5.69 Å². The van der Waals surface area contributed by atoms with Crippen molar-refractivity contribution in [2.45, 2.75) is 39.3 Å². The van der Waals surface area contributed by atoms with Crippen molar-refractivity contribution in [3.8, 4) is 0 Å². The van der Waals surface area contributed by atoms with Crippen LogP contribution in [0.5, 0.6) is 0 Å². The van der Waals surface area contributed by atoms with Crippen LogP contribution >= 0.6 is 0 Å². The zero-order chi connectivity index (χ0) is 15.8. The molecule has 0 radical (unpaired) electrons. The Morgan fingerprint density at radius 3 is 2.50 bits per heavy atom. The van der Waals surface area contributed by atoms with Crippen molar-refractivity contribution in [1.82, 2.24) is 0 Å². The van der Waals surface area contributed by atoms with E-state index in [9.17, 15) is 4.79 Å². The molecule has 22 heavy (non-hydrogen) atoms. The van der Waals surface area contributed by atoms with Gasteiger partial charge in [-0.05, 0) is 30.5 Å². The number of rotatable bonds is 7. The van der Waals surface area contributed by atoms with E-state index in [0.29, 0.717) is 6.61 Å². The topological polar surface area (TPSA) is 38.3 Å². The minimum absolute atomic E-state index is 0.241. The second-order valence-electron chi connectivity index (χ2n) is 5.37. The van der Waals surface area contributed by atoms with Crippen molar-refractivity contribution >= 4 is 11.7 Å². The number of para-hydroxylation sites is 1. The van der Waals surface area contributed by atoms with Crippen LogP contribution in [0.1, 0.15) is 31.4 Å². The molecule has 0 heterocycles. The molecule has 0 saturated carbocycles. The van der Waals surface area contributed by atoms with E-state index in [2.05, 4.69) is 18.3 Å². The number of esters is 1. The first-order valence-electron chi connectivity index (χ1n) is 7.75. The number of aryl methyl sites for hydroxylation is 1. The Morgan fingerprint density at radius 2 is 1.77 bits per heavy atom. The Hall–Kier alpha value is -2.29. The first kappa shape index (κ1) is 16.1. The van der Waals surface area contributed by atoms with Crippen LogP contribution in [-0.4, -0.2) is 12.0 Å². The molecule has 0 amide bonds. The van der Waals surface area contributed by atoms with Crippen LogP contribution in [0, 0.1) is 0 Å². The summed E-state index contributed by atoms with van der Waals surface area (Å²) in [5.74, 6) is -0.241. The van der Waals surface area contributed by atoms with Crippen molar-refractivity contribution in [2.24, 2.45) is 0 Å². The Morgan fingerprint density at radius 1 is 1.09 bits per heavy atom. The van der Waals surface area contributed by atoms with Crippen LogP contribution in [0.2, 0.25) is 0 Å². The fourth-order valence-electron chi connectivity index (χ4n) is 2.29. The molecule has 0 aliphatic rings. The average Bonchev–Trinajstić information content (AvgIpc) is 2.55. The molecule has 0 aliphatic carbocycles. The lowest BCUT2D eigenvalue weighted by molar-refractivity contribution is -0.145. The summed E-state index contributed by atoms with van der Waals surface area (Å²) in [5, 5.41) is 3.26. The molecule has 0 saturated heterocycles. The molecule has 0 aromatic heterocycles. The summed E-state index contributed by atoms with van der Waals surface area (Å²) in [7, 11) is 0. The Labute approximate surface area is 132 Å². The molecule has 1 atom stereocenters. The summed E-state index contributed by atoms with van der Waals surface area (Å²) < 4.78 is 5.36. The van der Waals surface area contributed by atoms with E-state index in [-0.39, 0.29) is 12.0 Å². The van der Waals surface area contributed by atoms with Gasteiger partial charge in [-0.3, -0.25) is 0 Å². The van der Waals surface area contributed by atoms with E-state index >= 15 is 0 Å². The fourth-order valence-corrected chi connectivity index (χ4v) is 2.29. The van der Waals surface area contributed by atoms with Gasteiger partial charge in [-0.15, -0.1) is 0 Å². The number of hydrogen-bond donors (Lipinski definition) is 1. The summed E-state index contributed by atoms with van der Waals surface area (Å²) in [6.45, 7) is 4.28. The first-order chi connectivity index (χ1) is 10.7. The molecule has 0 fully saturated rings. The third-order valence-electron chi connectivity index (χ3n) is 3.49. The van der Waals surface area contributed by atoms with Gasteiger partial charge >= 0.3 is 5.97 Å². The molecule has 2 rings (SSSR count). The van der Waals surface area contributed by atoms with Gasteiger partial charge in [0.1, 0.15) is 12.6 Å². The molecular weight excluding hydrogens is 274 g/mol. The van der Waals surface area contributed by atoms with Crippen LogP contribution in [0.15, 0.2) is 54.6 Å². The summed E-state index contributed by atoms with van der Waals surface area (Å²) in [4.78, 5) is 12.1. The average molecular weight is 297 g/mol.